The quantitative estimate of drug-likeness (QED) is 0.823. The van der Waals surface area contributed by atoms with E-state index in [9.17, 15) is 0 Å². The van der Waals surface area contributed by atoms with Gasteiger partial charge in [-0.05, 0) is 43.0 Å². The molecule has 21 heavy (non-hydrogen) atoms. The molecule has 0 amide bonds. The molecule has 1 fully saturated rings. The molecule has 1 heterocycles. The van der Waals surface area contributed by atoms with Gasteiger partial charge in [-0.1, -0.05) is 48.5 Å². The zero-order chi connectivity index (χ0) is 14.3. The Morgan fingerprint density at radius 3 is 2.43 bits per heavy atom. The number of piperidine rings is 1. The van der Waals surface area contributed by atoms with Crippen molar-refractivity contribution in [2.45, 2.75) is 18.8 Å². The number of likely N-dealkylation sites (tertiary alicyclic amines) is 1. The van der Waals surface area contributed by atoms with Gasteiger partial charge < -0.3 is 4.74 Å². The predicted octanol–water partition coefficient (Wildman–Crippen LogP) is 3.95. The van der Waals surface area contributed by atoms with Gasteiger partial charge in [0.2, 0.25) is 0 Å². The average Bonchev–Trinajstić information content (AvgIpc) is 2.57. The maximum atomic E-state index is 5.81. The largest absolute Gasteiger partial charge is 0.492 e. The molecule has 2 nitrogen and oxygen atoms in total. The second kappa shape index (κ2) is 7.28. The number of ether oxygens (including phenoxy) is 1. The SMILES string of the molecule is c1ccc(OCCN2CCC[C@H](c3ccccc3)C2)cc1. The molecule has 0 spiro atoms. The minimum Gasteiger partial charge on any atom is -0.492 e. The van der Waals surface area contributed by atoms with E-state index >= 15 is 0 Å². The monoisotopic (exact) mass is 281 g/mol. The lowest BCUT2D eigenvalue weighted by atomic mass is 9.91. The Morgan fingerprint density at radius 2 is 1.67 bits per heavy atom. The summed E-state index contributed by atoms with van der Waals surface area (Å²) in [5.41, 5.74) is 1.48. The van der Waals surface area contributed by atoms with Gasteiger partial charge >= 0.3 is 0 Å². The lowest BCUT2D eigenvalue weighted by Crippen LogP contribution is -2.37. The molecular formula is C19H23NO. The van der Waals surface area contributed by atoms with E-state index in [0.717, 1.165) is 25.4 Å². The maximum absolute atomic E-state index is 5.81. The van der Waals surface area contributed by atoms with Crippen LogP contribution in [0.1, 0.15) is 24.3 Å². The van der Waals surface area contributed by atoms with Crippen LogP contribution in [0.2, 0.25) is 0 Å². The Hall–Kier alpha value is -1.80. The summed E-state index contributed by atoms with van der Waals surface area (Å²) in [5, 5.41) is 0. The molecule has 0 unspecified atom stereocenters. The Kier molecular flexibility index (Phi) is 4.90. The van der Waals surface area contributed by atoms with Crippen LogP contribution in [0.5, 0.6) is 5.75 Å². The smallest absolute Gasteiger partial charge is 0.119 e. The molecule has 0 radical (unpaired) electrons. The zero-order valence-corrected chi connectivity index (χ0v) is 12.4. The number of hydrogen-bond acceptors (Lipinski definition) is 2. The second-order valence-electron chi connectivity index (χ2n) is 5.71. The first-order valence-corrected chi connectivity index (χ1v) is 7.87. The van der Waals surface area contributed by atoms with Gasteiger partial charge in [0.1, 0.15) is 12.4 Å². The van der Waals surface area contributed by atoms with E-state index in [1.807, 2.05) is 30.3 Å². The molecule has 0 saturated carbocycles. The van der Waals surface area contributed by atoms with Gasteiger partial charge in [0, 0.05) is 13.1 Å². The highest BCUT2D eigenvalue weighted by Gasteiger charge is 2.20. The Morgan fingerprint density at radius 1 is 0.952 bits per heavy atom. The number of hydrogen-bond donors (Lipinski definition) is 0. The topological polar surface area (TPSA) is 12.5 Å². The molecular weight excluding hydrogens is 258 g/mol. The molecule has 1 atom stereocenters. The van der Waals surface area contributed by atoms with Crippen molar-refractivity contribution in [1.82, 2.24) is 4.90 Å². The van der Waals surface area contributed by atoms with E-state index < -0.39 is 0 Å². The standard InChI is InChI=1S/C19H23NO/c1-3-8-17(9-4-1)18-10-7-13-20(16-18)14-15-21-19-11-5-2-6-12-19/h1-6,8-9,11-12,18H,7,10,13-16H2/t18-/m0/s1. The van der Waals surface area contributed by atoms with Crippen LogP contribution >= 0.6 is 0 Å². The minimum atomic E-state index is 0.677. The summed E-state index contributed by atoms with van der Waals surface area (Å²) >= 11 is 0. The first-order valence-electron chi connectivity index (χ1n) is 7.87. The van der Waals surface area contributed by atoms with E-state index in [4.69, 9.17) is 4.74 Å². The molecule has 110 valence electrons. The fourth-order valence-corrected chi connectivity index (χ4v) is 3.07. The lowest BCUT2D eigenvalue weighted by Gasteiger charge is -2.32. The van der Waals surface area contributed by atoms with Crippen LogP contribution in [0.4, 0.5) is 0 Å². The summed E-state index contributed by atoms with van der Waals surface area (Å²) in [7, 11) is 0. The highest BCUT2D eigenvalue weighted by molar-refractivity contribution is 5.21. The van der Waals surface area contributed by atoms with Crippen molar-refractivity contribution in [2.24, 2.45) is 0 Å². The fourth-order valence-electron chi connectivity index (χ4n) is 3.07. The van der Waals surface area contributed by atoms with Gasteiger partial charge in [0.05, 0.1) is 0 Å². The fraction of sp³-hybridized carbons (Fsp3) is 0.368. The van der Waals surface area contributed by atoms with E-state index in [-0.39, 0.29) is 0 Å². The molecule has 0 N–H and O–H groups in total. The summed E-state index contributed by atoms with van der Waals surface area (Å²) in [4.78, 5) is 2.53. The number of nitrogens with zero attached hydrogens (tertiary/aromatic N) is 1. The van der Waals surface area contributed by atoms with Gasteiger partial charge in [-0.3, -0.25) is 4.90 Å². The molecule has 3 rings (SSSR count). The van der Waals surface area contributed by atoms with E-state index in [2.05, 4.69) is 35.2 Å². The van der Waals surface area contributed by atoms with Crippen molar-refractivity contribution in [3.63, 3.8) is 0 Å². The third kappa shape index (κ3) is 4.08. The minimum absolute atomic E-state index is 0.677. The van der Waals surface area contributed by atoms with Crippen LogP contribution in [0.25, 0.3) is 0 Å². The second-order valence-corrected chi connectivity index (χ2v) is 5.71. The van der Waals surface area contributed by atoms with E-state index in [0.29, 0.717) is 5.92 Å². The Bertz CT molecular complexity index is 526. The Labute approximate surface area is 127 Å². The first-order chi connectivity index (χ1) is 10.4. The summed E-state index contributed by atoms with van der Waals surface area (Å²) in [5.74, 6) is 1.64. The lowest BCUT2D eigenvalue weighted by molar-refractivity contribution is 0.170. The van der Waals surface area contributed by atoms with Crippen LogP contribution in [0, 0.1) is 0 Å². The molecule has 2 aromatic carbocycles. The molecule has 2 aromatic rings. The number of rotatable bonds is 5. The summed E-state index contributed by atoms with van der Waals surface area (Å²) in [6.07, 6.45) is 2.59. The van der Waals surface area contributed by atoms with Crippen LogP contribution in [0.3, 0.4) is 0 Å². The summed E-state index contributed by atoms with van der Waals surface area (Å²) in [6.45, 7) is 4.13. The molecule has 2 heteroatoms. The van der Waals surface area contributed by atoms with Crippen molar-refractivity contribution < 1.29 is 4.74 Å². The first kappa shape index (κ1) is 14.2. The Balaban J connectivity index is 1.48. The van der Waals surface area contributed by atoms with Crippen LogP contribution < -0.4 is 4.74 Å². The normalized spacial score (nSPS) is 19.3. The van der Waals surface area contributed by atoms with Gasteiger partial charge in [-0.25, -0.2) is 0 Å². The van der Waals surface area contributed by atoms with Crippen molar-refractivity contribution in [2.75, 3.05) is 26.2 Å². The number of benzene rings is 2. The zero-order valence-electron chi connectivity index (χ0n) is 12.4. The van der Waals surface area contributed by atoms with E-state index in [1.54, 1.807) is 0 Å². The molecule has 0 aliphatic carbocycles. The molecule has 1 aliphatic heterocycles. The number of para-hydroxylation sites is 1. The maximum Gasteiger partial charge on any atom is 0.119 e. The molecule has 1 aliphatic rings. The molecule has 1 saturated heterocycles. The van der Waals surface area contributed by atoms with Gasteiger partial charge in [-0.15, -0.1) is 0 Å². The van der Waals surface area contributed by atoms with Gasteiger partial charge in [0.15, 0.2) is 0 Å². The van der Waals surface area contributed by atoms with Crippen LogP contribution in [0.15, 0.2) is 60.7 Å². The van der Waals surface area contributed by atoms with E-state index in [1.165, 1.54) is 24.9 Å². The molecule has 0 bridgehead atoms. The molecule has 0 aromatic heterocycles. The highest BCUT2D eigenvalue weighted by atomic mass is 16.5. The third-order valence-corrected chi connectivity index (χ3v) is 4.20. The highest BCUT2D eigenvalue weighted by Crippen LogP contribution is 2.26. The van der Waals surface area contributed by atoms with Crippen molar-refractivity contribution in [1.29, 1.82) is 0 Å². The van der Waals surface area contributed by atoms with Crippen LogP contribution in [-0.4, -0.2) is 31.1 Å². The van der Waals surface area contributed by atoms with Gasteiger partial charge in [0.25, 0.3) is 0 Å². The third-order valence-electron chi connectivity index (χ3n) is 4.20. The van der Waals surface area contributed by atoms with Crippen molar-refractivity contribution in [3.8, 4) is 5.75 Å². The van der Waals surface area contributed by atoms with Crippen molar-refractivity contribution in [3.05, 3.63) is 66.2 Å². The summed E-state index contributed by atoms with van der Waals surface area (Å²) in [6, 6.07) is 21.0. The predicted molar refractivity (Wildman–Crippen MR) is 86.8 cm³/mol. The summed E-state index contributed by atoms with van der Waals surface area (Å²) < 4.78 is 5.81. The van der Waals surface area contributed by atoms with Crippen LogP contribution in [-0.2, 0) is 0 Å². The average molecular weight is 281 g/mol. The van der Waals surface area contributed by atoms with Gasteiger partial charge in [-0.2, -0.15) is 0 Å². The van der Waals surface area contributed by atoms with Crippen molar-refractivity contribution >= 4 is 0 Å².